The molecule has 3 nitrogen and oxygen atoms in total. The zero-order valence-electron chi connectivity index (χ0n) is 13.2. The van der Waals surface area contributed by atoms with Crippen molar-refractivity contribution >= 4 is 5.82 Å². The minimum absolute atomic E-state index is 0.415. The standard InChI is InChI=1S/C18H25N3/c1-14(2)17-11-16(13-19)12-18(20-17)21(3)10-9-15-7-5-4-6-8-15/h4-8,11-12,14H,9-10,13,19H2,1-3H3. The summed E-state index contributed by atoms with van der Waals surface area (Å²) in [7, 11) is 2.09. The third-order valence-corrected chi connectivity index (χ3v) is 3.69. The van der Waals surface area contributed by atoms with Crippen LogP contribution in [0, 0.1) is 0 Å². The molecule has 2 N–H and O–H groups in total. The maximum absolute atomic E-state index is 5.81. The fourth-order valence-electron chi connectivity index (χ4n) is 2.26. The van der Waals surface area contributed by atoms with Gasteiger partial charge in [0.2, 0.25) is 0 Å². The zero-order chi connectivity index (χ0) is 15.2. The fourth-order valence-corrected chi connectivity index (χ4v) is 2.26. The molecule has 0 saturated carbocycles. The van der Waals surface area contributed by atoms with Crippen molar-refractivity contribution in [1.29, 1.82) is 0 Å². The van der Waals surface area contributed by atoms with E-state index in [0.717, 1.165) is 30.0 Å². The summed E-state index contributed by atoms with van der Waals surface area (Å²) in [5.74, 6) is 1.43. The van der Waals surface area contributed by atoms with E-state index in [1.807, 2.05) is 0 Å². The smallest absolute Gasteiger partial charge is 0.128 e. The Balaban J connectivity index is 2.11. The monoisotopic (exact) mass is 283 g/mol. The second-order valence-electron chi connectivity index (χ2n) is 5.77. The summed E-state index contributed by atoms with van der Waals surface area (Å²) < 4.78 is 0. The summed E-state index contributed by atoms with van der Waals surface area (Å²) in [5, 5.41) is 0. The van der Waals surface area contributed by atoms with Gasteiger partial charge in [0, 0.05) is 25.8 Å². The van der Waals surface area contributed by atoms with Crippen LogP contribution in [0.15, 0.2) is 42.5 Å². The molecule has 2 aromatic rings. The lowest BCUT2D eigenvalue weighted by atomic mass is 10.1. The number of benzene rings is 1. The molecule has 0 spiro atoms. The van der Waals surface area contributed by atoms with Crippen LogP contribution in [-0.2, 0) is 13.0 Å². The molecule has 1 aromatic heterocycles. The lowest BCUT2D eigenvalue weighted by molar-refractivity contribution is 0.795. The predicted molar refractivity (Wildman–Crippen MR) is 89.6 cm³/mol. The van der Waals surface area contributed by atoms with Gasteiger partial charge in [0.25, 0.3) is 0 Å². The molecule has 0 aliphatic carbocycles. The molecule has 0 unspecified atom stereocenters. The molecular formula is C18H25N3. The van der Waals surface area contributed by atoms with E-state index >= 15 is 0 Å². The topological polar surface area (TPSA) is 42.1 Å². The predicted octanol–water partition coefficient (Wildman–Crippen LogP) is 3.34. The molecule has 0 fully saturated rings. The van der Waals surface area contributed by atoms with Crippen LogP contribution in [-0.4, -0.2) is 18.6 Å². The van der Waals surface area contributed by atoms with E-state index in [4.69, 9.17) is 10.7 Å². The van der Waals surface area contributed by atoms with Gasteiger partial charge >= 0.3 is 0 Å². The van der Waals surface area contributed by atoms with E-state index in [1.54, 1.807) is 0 Å². The molecule has 21 heavy (non-hydrogen) atoms. The van der Waals surface area contributed by atoms with Crippen molar-refractivity contribution in [2.24, 2.45) is 5.73 Å². The molecule has 1 heterocycles. The van der Waals surface area contributed by atoms with Gasteiger partial charge in [0.15, 0.2) is 0 Å². The lowest BCUT2D eigenvalue weighted by Gasteiger charge is -2.20. The van der Waals surface area contributed by atoms with Crippen molar-refractivity contribution in [3.8, 4) is 0 Å². The van der Waals surface area contributed by atoms with E-state index in [2.05, 4.69) is 68.3 Å². The Hall–Kier alpha value is -1.87. The van der Waals surface area contributed by atoms with Gasteiger partial charge in [-0.3, -0.25) is 0 Å². The summed E-state index contributed by atoms with van der Waals surface area (Å²) in [6.07, 6.45) is 1.02. The Morgan fingerprint density at radius 1 is 1.10 bits per heavy atom. The van der Waals surface area contributed by atoms with E-state index in [-0.39, 0.29) is 0 Å². The highest BCUT2D eigenvalue weighted by Gasteiger charge is 2.09. The first-order valence-corrected chi connectivity index (χ1v) is 7.56. The number of hydrogen-bond donors (Lipinski definition) is 1. The third kappa shape index (κ3) is 4.30. The number of nitrogens with zero attached hydrogens (tertiary/aromatic N) is 2. The van der Waals surface area contributed by atoms with Crippen molar-refractivity contribution in [3.63, 3.8) is 0 Å². The number of hydrogen-bond acceptors (Lipinski definition) is 3. The maximum atomic E-state index is 5.81. The van der Waals surface area contributed by atoms with Gasteiger partial charge in [-0.25, -0.2) is 4.98 Å². The van der Waals surface area contributed by atoms with Crippen LogP contribution in [0.25, 0.3) is 0 Å². The summed E-state index contributed by atoms with van der Waals surface area (Å²) in [4.78, 5) is 6.97. The molecule has 0 saturated heterocycles. The Morgan fingerprint density at radius 3 is 2.43 bits per heavy atom. The first kappa shape index (κ1) is 15.5. The van der Waals surface area contributed by atoms with Gasteiger partial charge in [-0.15, -0.1) is 0 Å². The molecular weight excluding hydrogens is 258 g/mol. The molecule has 0 aliphatic heterocycles. The quantitative estimate of drug-likeness (QED) is 0.884. The highest BCUT2D eigenvalue weighted by molar-refractivity contribution is 5.42. The van der Waals surface area contributed by atoms with Crippen molar-refractivity contribution in [3.05, 3.63) is 59.3 Å². The van der Waals surface area contributed by atoms with Crippen LogP contribution in [0.3, 0.4) is 0 Å². The highest BCUT2D eigenvalue weighted by Crippen LogP contribution is 2.19. The van der Waals surface area contributed by atoms with Crippen LogP contribution in [0.2, 0.25) is 0 Å². The number of likely N-dealkylation sites (N-methyl/N-ethyl adjacent to an activating group) is 1. The van der Waals surface area contributed by atoms with Crippen LogP contribution in [0.1, 0.15) is 36.6 Å². The highest BCUT2D eigenvalue weighted by atomic mass is 15.2. The van der Waals surface area contributed by atoms with E-state index in [0.29, 0.717) is 12.5 Å². The van der Waals surface area contributed by atoms with Gasteiger partial charge in [0.05, 0.1) is 0 Å². The van der Waals surface area contributed by atoms with Gasteiger partial charge in [-0.1, -0.05) is 44.2 Å². The van der Waals surface area contributed by atoms with E-state index in [1.165, 1.54) is 5.56 Å². The lowest BCUT2D eigenvalue weighted by Crippen LogP contribution is -2.22. The summed E-state index contributed by atoms with van der Waals surface area (Å²) in [6, 6.07) is 14.7. The normalized spacial score (nSPS) is 10.9. The minimum atomic E-state index is 0.415. The van der Waals surface area contributed by atoms with E-state index in [9.17, 15) is 0 Å². The molecule has 2 rings (SSSR count). The van der Waals surface area contributed by atoms with Crippen molar-refractivity contribution in [2.75, 3.05) is 18.5 Å². The molecule has 112 valence electrons. The molecule has 0 atom stereocenters. The third-order valence-electron chi connectivity index (χ3n) is 3.69. The molecule has 0 radical (unpaired) electrons. The second-order valence-corrected chi connectivity index (χ2v) is 5.77. The van der Waals surface area contributed by atoms with Gasteiger partial charge in [0.1, 0.15) is 5.82 Å². The maximum Gasteiger partial charge on any atom is 0.128 e. The van der Waals surface area contributed by atoms with Crippen LogP contribution in [0.4, 0.5) is 5.82 Å². The second kappa shape index (κ2) is 7.23. The van der Waals surface area contributed by atoms with Crippen LogP contribution >= 0.6 is 0 Å². The number of aromatic nitrogens is 1. The number of pyridine rings is 1. The fraction of sp³-hybridized carbons (Fsp3) is 0.389. The molecule has 0 aliphatic rings. The van der Waals surface area contributed by atoms with Gasteiger partial charge < -0.3 is 10.6 Å². The average molecular weight is 283 g/mol. The summed E-state index contributed by atoms with van der Waals surface area (Å²) in [5.41, 5.74) is 9.42. The van der Waals surface area contributed by atoms with Crippen molar-refractivity contribution in [2.45, 2.75) is 32.7 Å². The van der Waals surface area contributed by atoms with E-state index < -0.39 is 0 Å². The number of nitrogens with two attached hydrogens (primary N) is 1. The molecule has 1 aromatic carbocycles. The average Bonchev–Trinajstić information content (AvgIpc) is 2.53. The number of anilines is 1. The first-order valence-electron chi connectivity index (χ1n) is 7.56. The zero-order valence-corrected chi connectivity index (χ0v) is 13.2. The molecule has 0 bridgehead atoms. The Morgan fingerprint density at radius 2 is 1.81 bits per heavy atom. The summed E-state index contributed by atoms with van der Waals surface area (Å²) in [6.45, 7) is 5.83. The largest absolute Gasteiger partial charge is 0.359 e. The summed E-state index contributed by atoms with van der Waals surface area (Å²) >= 11 is 0. The Kier molecular flexibility index (Phi) is 5.34. The Labute approximate surface area is 127 Å². The SMILES string of the molecule is CC(C)c1cc(CN)cc(N(C)CCc2ccccc2)n1. The van der Waals surface area contributed by atoms with Gasteiger partial charge in [-0.2, -0.15) is 0 Å². The van der Waals surface area contributed by atoms with Crippen molar-refractivity contribution in [1.82, 2.24) is 4.98 Å². The molecule has 3 heteroatoms. The van der Waals surface area contributed by atoms with Crippen LogP contribution in [0.5, 0.6) is 0 Å². The Bertz CT molecular complexity index is 564. The first-order chi connectivity index (χ1) is 10.1. The van der Waals surface area contributed by atoms with Crippen LogP contribution < -0.4 is 10.6 Å². The van der Waals surface area contributed by atoms with Crippen molar-refractivity contribution < 1.29 is 0 Å². The minimum Gasteiger partial charge on any atom is -0.359 e. The number of rotatable bonds is 6. The van der Waals surface area contributed by atoms with Gasteiger partial charge in [-0.05, 0) is 35.6 Å². The molecule has 0 amide bonds.